The molecule has 1 amide bonds. The van der Waals surface area contributed by atoms with E-state index in [1.165, 1.54) is 11.3 Å². The van der Waals surface area contributed by atoms with Crippen LogP contribution in [0.4, 0.5) is 0 Å². The van der Waals surface area contributed by atoms with Crippen molar-refractivity contribution in [2.24, 2.45) is 5.84 Å². The number of rotatable bonds is 1. The zero-order valence-electron chi connectivity index (χ0n) is 8.18. The molecule has 0 fully saturated rings. The first-order valence-corrected chi connectivity index (χ1v) is 5.54. The quantitative estimate of drug-likeness (QED) is 0.375. The van der Waals surface area contributed by atoms with Gasteiger partial charge in [0.15, 0.2) is 0 Å². The second-order valence-electron chi connectivity index (χ2n) is 3.32. The maximum Gasteiger partial charge on any atom is 0.282 e. The number of carbonyl (C=O) groups is 1. The molecule has 0 aliphatic carbocycles. The van der Waals surface area contributed by atoms with Crippen LogP contribution in [0.3, 0.4) is 0 Å². The number of hydrogen-bond acceptors (Lipinski definition) is 4. The van der Waals surface area contributed by atoms with Crippen LogP contribution in [0.2, 0.25) is 0 Å². The number of nitrogen functional groups attached to an aromatic ring is 1. The molecule has 0 unspecified atom stereocenters. The Balaban J connectivity index is 2.45. The summed E-state index contributed by atoms with van der Waals surface area (Å²) in [7, 11) is 0. The van der Waals surface area contributed by atoms with Gasteiger partial charge in [-0.2, -0.15) is 0 Å². The van der Waals surface area contributed by atoms with Gasteiger partial charge in [0.2, 0.25) is 0 Å². The van der Waals surface area contributed by atoms with E-state index in [9.17, 15) is 4.79 Å². The fourth-order valence-electron chi connectivity index (χ4n) is 1.76. The zero-order valence-corrected chi connectivity index (χ0v) is 8.99. The van der Waals surface area contributed by atoms with Crippen molar-refractivity contribution in [1.82, 2.24) is 14.8 Å². The standard InChI is InChI=1S/C10H8N4OS/c11-13-9(15)7-2-1-6-5-12-10-8(14(6)7)3-4-16-10/h1-5H,11H2,(H,13,15). The van der Waals surface area contributed by atoms with E-state index in [2.05, 4.69) is 10.4 Å². The van der Waals surface area contributed by atoms with Gasteiger partial charge < -0.3 is 4.40 Å². The Hall–Kier alpha value is -1.92. The van der Waals surface area contributed by atoms with Crippen LogP contribution in [-0.2, 0) is 0 Å². The summed E-state index contributed by atoms with van der Waals surface area (Å²) in [5, 5.41) is 1.95. The van der Waals surface area contributed by atoms with Crippen LogP contribution in [0, 0.1) is 0 Å². The van der Waals surface area contributed by atoms with Gasteiger partial charge in [0.05, 0.1) is 17.2 Å². The number of nitrogens with zero attached hydrogens (tertiary/aromatic N) is 2. The first-order valence-electron chi connectivity index (χ1n) is 4.66. The van der Waals surface area contributed by atoms with Crippen molar-refractivity contribution in [2.75, 3.05) is 0 Å². The van der Waals surface area contributed by atoms with Crippen molar-refractivity contribution in [1.29, 1.82) is 0 Å². The highest BCUT2D eigenvalue weighted by Crippen LogP contribution is 2.22. The largest absolute Gasteiger partial charge is 0.301 e. The van der Waals surface area contributed by atoms with Crippen LogP contribution < -0.4 is 11.3 Å². The van der Waals surface area contributed by atoms with E-state index in [4.69, 9.17) is 5.84 Å². The van der Waals surface area contributed by atoms with Gasteiger partial charge in [-0.15, -0.1) is 11.3 Å². The minimum atomic E-state index is -0.307. The fourth-order valence-corrected chi connectivity index (χ4v) is 2.48. The van der Waals surface area contributed by atoms with E-state index in [0.29, 0.717) is 5.69 Å². The first kappa shape index (κ1) is 9.32. The summed E-state index contributed by atoms with van der Waals surface area (Å²) in [4.78, 5) is 16.8. The van der Waals surface area contributed by atoms with Gasteiger partial charge in [0, 0.05) is 0 Å². The summed E-state index contributed by atoms with van der Waals surface area (Å²) in [6.45, 7) is 0. The van der Waals surface area contributed by atoms with E-state index >= 15 is 0 Å². The molecular weight excluding hydrogens is 224 g/mol. The lowest BCUT2D eigenvalue weighted by Gasteiger charge is -2.02. The number of carbonyl (C=O) groups excluding carboxylic acids is 1. The fraction of sp³-hybridized carbons (Fsp3) is 0. The molecule has 5 nitrogen and oxygen atoms in total. The van der Waals surface area contributed by atoms with Gasteiger partial charge >= 0.3 is 0 Å². The Labute approximate surface area is 94.5 Å². The second kappa shape index (κ2) is 3.29. The Morgan fingerprint density at radius 1 is 1.44 bits per heavy atom. The molecule has 3 aromatic heterocycles. The minimum absolute atomic E-state index is 0.307. The number of amides is 1. The highest BCUT2D eigenvalue weighted by molar-refractivity contribution is 7.16. The molecular formula is C10H8N4OS. The molecule has 3 heterocycles. The number of nitrogens with one attached hydrogen (secondary N) is 1. The predicted molar refractivity (Wildman–Crippen MR) is 62.2 cm³/mol. The summed E-state index contributed by atoms with van der Waals surface area (Å²) >= 11 is 1.54. The smallest absolute Gasteiger partial charge is 0.282 e. The van der Waals surface area contributed by atoms with Gasteiger partial charge in [0.25, 0.3) is 5.91 Å². The molecule has 0 saturated heterocycles. The van der Waals surface area contributed by atoms with Crippen LogP contribution in [0.1, 0.15) is 10.5 Å². The molecule has 0 atom stereocenters. The monoisotopic (exact) mass is 232 g/mol. The van der Waals surface area contributed by atoms with E-state index < -0.39 is 0 Å². The maximum absolute atomic E-state index is 11.6. The Morgan fingerprint density at radius 2 is 2.31 bits per heavy atom. The molecule has 0 aromatic carbocycles. The maximum atomic E-state index is 11.6. The van der Waals surface area contributed by atoms with E-state index in [-0.39, 0.29) is 5.91 Å². The summed E-state index contributed by atoms with van der Waals surface area (Å²) in [5.41, 5.74) is 4.46. The van der Waals surface area contributed by atoms with Gasteiger partial charge in [0.1, 0.15) is 10.5 Å². The third-order valence-corrected chi connectivity index (χ3v) is 3.26. The van der Waals surface area contributed by atoms with Crippen LogP contribution in [0.25, 0.3) is 15.9 Å². The minimum Gasteiger partial charge on any atom is -0.301 e. The SMILES string of the molecule is NNC(=O)c1ccc2cnc3sccc3n12. The average Bonchev–Trinajstić information content (AvgIpc) is 2.92. The lowest BCUT2D eigenvalue weighted by atomic mass is 10.4. The van der Waals surface area contributed by atoms with Crippen LogP contribution >= 0.6 is 11.3 Å². The number of fused-ring (bicyclic) bond motifs is 3. The third-order valence-electron chi connectivity index (χ3n) is 2.45. The summed E-state index contributed by atoms with van der Waals surface area (Å²) in [5.74, 6) is 4.84. The molecule has 0 saturated carbocycles. The van der Waals surface area contributed by atoms with Gasteiger partial charge in [-0.3, -0.25) is 10.2 Å². The average molecular weight is 232 g/mol. The number of hydrogen-bond donors (Lipinski definition) is 2. The molecule has 0 spiro atoms. The number of nitrogens with two attached hydrogens (primary N) is 1. The Morgan fingerprint density at radius 3 is 3.12 bits per heavy atom. The molecule has 0 radical (unpaired) electrons. The lowest BCUT2D eigenvalue weighted by molar-refractivity contribution is 0.0948. The van der Waals surface area contributed by atoms with Crippen molar-refractivity contribution in [3.05, 3.63) is 35.5 Å². The second-order valence-corrected chi connectivity index (χ2v) is 4.22. The van der Waals surface area contributed by atoms with E-state index in [0.717, 1.165) is 15.9 Å². The van der Waals surface area contributed by atoms with E-state index in [1.807, 2.05) is 21.9 Å². The Bertz CT molecular complexity index is 684. The van der Waals surface area contributed by atoms with Crippen molar-refractivity contribution in [2.45, 2.75) is 0 Å². The predicted octanol–water partition coefficient (Wildman–Crippen LogP) is 1.15. The van der Waals surface area contributed by atoms with Crippen molar-refractivity contribution >= 4 is 33.1 Å². The van der Waals surface area contributed by atoms with Crippen LogP contribution in [-0.4, -0.2) is 15.3 Å². The molecule has 6 heteroatoms. The highest BCUT2D eigenvalue weighted by Gasteiger charge is 2.12. The van der Waals surface area contributed by atoms with Crippen LogP contribution in [0.5, 0.6) is 0 Å². The number of hydrazine groups is 1. The van der Waals surface area contributed by atoms with Gasteiger partial charge in [-0.05, 0) is 23.6 Å². The summed E-state index contributed by atoms with van der Waals surface area (Å²) in [6.07, 6.45) is 1.74. The van der Waals surface area contributed by atoms with Crippen molar-refractivity contribution in [3.63, 3.8) is 0 Å². The lowest BCUT2D eigenvalue weighted by Crippen LogP contribution is -2.30. The van der Waals surface area contributed by atoms with Gasteiger partial charge in [-0.25, -0.2) is 10.8 Å². The topological polar surface area (TPSA) is 72.4 Å². The molecule has 0 aliphatic heterocycles. The molecule has 0 bridgehead atoms. The molecule has 3 rings (SSSR count). The van der Waals surface area contributed by atoms with Gasteiger partial charge in [-0.1, -0.05) is 0 Å². The highest BCUT2D eigenvalue weighted by atomic mass is 32.1. The first-order chi connectivity index (χ1) is 7.81. The molecule has 0 aliphatic rings. The molecule has 80 valence electrons. The summed E-state index contributed by atoms with van der Waals surface area (Å²) < 4.78 is 1.85. The number of aromatic nitrogens is 2. The molecule has 3 aromatic rings. The summed E-state index contributed by atoms with van der Waals surface area (Å²) in [6, 6.07) is 5.51. The molecule has 3 N–H and O–H groups in total. The normalized spacial score (nSPS) is 11.1. The third kappa shape index (κ3) is 1.14. The Kier molecular flexibility index (Phi) is 1.92. The van der Waals surface area contributed by atoms with Crippen LogP contribution in [0.15, 0.2) is 29.8 Å². The molecule has 16 heavy (non-hydrogen) atoms. The van der Waals surface area contributed by atoms with E-state index in [1.54, 1.807) is 12.3 Å². The van der Waals surface area contributed by atoms with Crippen molar-refractivity contribution < 1.29 is 4.79 Å². The number of thiophene rings is 1. The van der Waals surface area contributed by atoms with Crippen molar-refractivity contribution in [3.8, 4) is 0 Å². The zero-order chi connectivity index (χ0) is 11.1.